The van der Waals surface area contributed by atoms with Gasteiger partial charge in [0.05, 0.1) is 23.4 Å². The van der Waals surface area contributed by atoms with Gasteiger partial charge in [-0.15, -0.1) is 5.10 Å². The fraction of sp³-hybridized carbons (Fsp3) is 0.160. The molecule has 2 N–H and O–H groups in total. The Bertz CT molecular complexity index is 1480. The molecule has 0 bridgehead atoms. The maximum absolute atomic E-state index is 14.3. The molecule has 0 unspecified atom stereocenters. The second-order valence-corrected chi connectivity index (χ2v) is 7.69. The summed E-state index contributed by atoms with van der Waals surface area (Å²) in [5, 5.41) is 4.37. The minimum Gasteiger partial charge on any atom is -0.368 e. The van der Waals surface area contributed by atoms with Gasteiger partial charge < -0.3 is 5.73 Å². The Kier molecular flexibility index (Phi) is 6.72. The van der Waals surface area contributed by atoms with Crippen LogP contribution in [0.5, 0.6) is 0 Å². The smallest absolute Gasteiger partial charge is 0.223 e. The summed E-state index contributed by atoms with van der Waals surface area (Å²) in [7, 11) is 0. The molecule has 3 heterocycles. The highest BCUT2D eigenvalue weighted by Crippen LogP contribution is 2.33. The number of nitrogens with zero attached hydrogens (tertiary/aromatic N) is 5. The monoisotopic (exact) mass is 478 g/mol. The van der Waals surface area contributed by atoms with E-state index < -0.39 is 17.5 Å². The minimum absolute atomic E-state index is 0.0105. The lowest BCUT2D eigenvalue weighted by Gasteiger charge is -2.13. The number of pyridine rings is 1. The van der Waals surface area contributed by atoms with Gasteiger partial charge in [0.15, 0.2) is 28.9 Å². The van der Waals surface area contributed by atoms with Crippen molar-refractivity contribution < 1.29 is 18.0 Å². The zero-order chi connectivity index (χ0) is 25.1. The third kappa shape index (κ3) is 4.96. The number of halogens is 3. The van der Waals surface area contributed by atoms with Gasteiger partial charge in [-0.1, -0.05) is 18.2 Å². The molecule has 0 radical (unpaired) electrons. The van der Waals surface area contributed by atoms with E-state index in [9.17, 15) is 18.0 Å². The van der Waals surface area contributed by atoms with Crippen LogP contribution in [-0.4, -0.2) is 30.3 Å². The number of carbonyl (C=O) groups is 1. The number of allylic oxidation sites excluding steroid dienone is 10. The van der Waals surface area contributed by atoms with Crippen molar-refractivity contribution in [3.05, 3.63) is 95.0 Å². The summed E-state index contributed by atoms with van der Waals surface area (Å²) < 4.78 is 43.6. The van der Waals surface area contributed by atoms with E-state index in [1.165, 1.54) is 35.8 Å². The van der Waals surface area contributed by atoms with Gasteiger partial charge in [0.1, 0.15) is 5.82 Å². The van der Waals surface area contributed by atoms with E-state index in [0.29, 0.717) is 11.1 Å². The number of carbonyl (C=O) groups excluding carboxylic acids is 1. The van der Waals surface area contributed by atoms with E-state index in [0.717, 1.165) is 12.2 Å². The Morgan fingerprint density at radius 2 is 1.97 bits per heavy atom. The van der Waals surface area contributed by atoms with Crippen molar-refractivity contribution in [2.75, 3.05) is 5.73 Å². The summed E-state index contributed by atoms with van der Waals surface area (Å²) in [6.45, 7) is 3.15. The molecular weight excluding hydrogens is 457 g/mol. The van der Waals surface area contributed by atoms with Crippen molar-refractivity contribution in [1.29, 1.82) is 0 Å². The Morgan fingerprint density at radius 1 is 1.17 bits per heavy atom. The van der Waals surface area contributed by atoms with Gasteiger partial charge in [-0.2, -0.15) is 4.52 Å². The summed E-state index contributed by atoms with van der Waals surface area (Å²) in [4.78, 5) is 24.6. The Labute approximate surface area is 198 Å². The molecule has 0 aromatic carbocycles. The molecule has 0 amide bonds. The molecule has 35 heavy (non-hydrogen) atoms. The van der Waals surface area contributed by atoms with Crippen LogP contribution in [0.2, 0.25) is 0 Å². The van der Waals surface area contributed by atoms with Crippen molar-refractivity contribution in [3.63, 3.8) is 0 Å². The lowest BCUT2D eigenvalue weighted by molar-refractivity contribution is -0.112. The molecule has 1 aliphatic rings. The molecule has 0 aliphatic heterocycles. The summed E-state index contributed by atoms with van der Waals surface area (Å²) in [6.07, 6.45) is 9.99. The second kappa shape index (κ2) is 9.88. The van der Waals surface area contributed by atoms with Gasteiger partial charge in [-0.25, -0.2) is 23.1 Å². The number of rotatable bonds is 6. The van der Waals surface area contributed by atoms with Crippen LogP contribution in [0.3, 0.4) is 0 Å². The average Bonchev–Trinajstić information content (AvgIpc) is 3.17. The van der Waals surface area contributed by atoms with E-state index in [2.05, 4.69) is 20.1 Å². The van der Waals surface area contributed by atoms with Crippen LogP contribution in [0.1, 0.15) is 43.0 Å². The van der Waals surface area contributed by atoms with Crippen LogP contribution >= 0.6 is 0 Å². The fourth-order valence-electron chi connectivity index (χ4n) is 3.60. The SMILES string of the molecule is C/C=C(\C=C/C(C)=O)c1c(C2=CCC=C(F)C(F)=C2)nc(N)n2nc(Cc3ncccc3F)nc12. The summed E-state index contributed by atoms with van der Waals surface area (Å²) in [5.74, 6) is -2.55. The third-order valence-electron chi connectivity index (χ3n) is 5.23. The number of hydrogen-bond donors (Lipinski definition) is 1. The first-order valence-electron chi connectivity index (χ1n) is 10.7. The van der Waals surface area contributed by atoms with E-state index in [1.54, 1.807) is 25.2 Å². The van der Waals surface area contributed by atoms with Crippen molar-refractivity contribution in [3.8, 4) is 0 Å². The molecular formula is C25H21F3N6O. The number of nitrogen functional groups attached to an aromatic ring is 1. The molecule has 0 fully saturated rings. The number of nitrogens with two attached hydrogens (primary N) is 1. The molecule has 1 aliphatic carbocycles. The Hall–Kier alpha value is -4.34. The number of ketones is 1. The number of fused-ring (bicyclic) bond motifs is 1. The highest BCUT2D eigenvalue weighted by Gasteiger charge is 2.23. The summed E-state index contributed by atoms with van der Waals surface area (Å²) >= 11 is 0. The quantitative estimate of drug-likeness (QED) is 0.401. The van der Waals surface area contributed by atoms with Crippen LogP contribution < -0.4 is 5.73 Å². The molecule has 3 aromatic rings. The zero-order valence-corrected chi connectivity index (χ0v) is 19.0. The first-order chi connectivity index (χ1) is 16.8. The van der Waals surface area contributed by atoms with Crippen LogP contribution in [0.15, 0.2) is 66.4 Å². The van der Waals surface area contributed by atoms with E-state index in [-0.39, 0.29) is 53.0 Å². The Morgan fingerprint density at radius 3 is 2.69 bits per heavy atom. The largest absolute Gasteiger partial charge is 0.368 e. The predicted molar refractivity (Wildman–Crippen MR) is 127 cm³/mol. The second-order valence-electron chi connectivity index (χ2n) is 7.69. The number of aromatic nitrogens is 5. The predicted octanol–water partition coefficient (Wildman–Crippen LogP) is 4.87. The lowest BCUT2D eigenvalue weighted by Crippen LogP contribution is -2.09. The molecule has 0 saturated heterocycles. The Balaban J connectivity index is 1.96. The van der Waals surface area contributed by atoms with Gasteiger partial charge in [-0.3, -0.25) is 9.78 Å². The standard InChI is InChI=1S/C25H21F3N6O/c1-3-15(10-9-14(2)35)22-23(16-6-4-7-17(26)19(28)12-16)32-25(29)34-24(22)31-21(33-34)13-20-18(27)8-5-11-30-20/h3,5-12H,4,13H2,1-2H3,(H2,29,32)/b10-9-,15-3+. The number of hydrogen-bond acceptors (Lipinski definition) is 6. The first kappa shape index (κ1) is 23.8. The van der Waals surface area contributed by atoms with Crippen LogP contribution in [0, 0.1) is 5.82 Å². The zero-order valence-electron chi connectivity index (χ0n) is 19.0. The van der Waals surface area contributed by atoms with Crippen molar-refractivity contribution >= 4 is 28.5 Å². The van der Waals surface area contributed by atoms with Crippen LogP contribution in [0.25, 0.3) is 16.8 Å². The summed E-state index contributed by atoms with van der Waals surface area (Å²) in [5.41, 5.74) is 8.03. The topological polar surface area (TPSA) is 99.1 Å². The van der Waals surface area contributed by atoms with Crippen molar-refractivity contribution in [2.24, 2.45) is 0 Å². The molecule has 0 saturated carbocycles. The first-order valence-corrected chi connectivity index (χ1v) is 10.7. The lowest BCUT2D eigenvalue weighted by atomic mass is 9.98. The van der Waals surface area contributed by atoms with Gasteiger partial charge in [-0.05, 0) is 56.2 Å². The van der Waals surface area contributed by atoms with Crippen molar-refractivity contribution in [1.82, 2.24) is 24.6 Å². The molecule has 0 atom stereocenters. The maximum Gasteiger partial charge on any atom is 0.223 e. The third-order valence-corrected chi connectivity index (χ3v) is 5.23. The van der Waals surface area contributed by atoms with Gasteiger partial charge >= 0.3 is 0 Å². The molecule has 178 valence electrons. The maximum atomic E-state index is 14.3. The molecule has 10 heteroatoms. The highest BCUT2D eigenvalue weighted by atomic mass is 19.2. The van der Waals surface area contributed by atoms with Gasteiger partial charge in [0.25, 0.3) is 0 Å². The summed E-state index contributed by atoms with van der Waals surface area (Å²) in [6, 6.07) is 2.77. The molecule has 3 aromatic heterocycles. The molecule has 7 nitrogen and oxygen atoms in total. The molecule has 4 rings (SSSR count). The van der Waals surface area contributed by atoms with E-state index in [1.807, 2.05) is 0 Å². The molecule has 0 spiro atoms. The van der Waals surface area contributed by atoms with Gasteiger partial charge in [0, 0.05) is 11.8 Å². The highest BCUT2D eigenvalue weighted by molar-refractivity contribution is 5.95. The van der Waals surface area contributed by atoms with E-state index in [4.69, 9.17) is 5.73 Å². The van der Waals surface area contributed by atoms with E-state index >= 15 is 0 Å². The minimum atomic E-state index is -1.05. The van der Waals surface area contributed by atoms with Crippen LogP contribution in [0.4, 0.5) is 19.1 Å². The number of anilines is 1. The fourth-order valence-corrected chi connectivity index (χ4v) is 3.60. The van der Waals surface area contributed by atoms with Crippen molar-refractivity contribution in [2.45, 2.75) is 26.7 Å². The average molecular weight is 478 g/mol. The normalized spacial score (nSPS) is 14.7. The van der Waals surface area contributed by atoms with Crippen LogP contribution in [-0.2, 0) is 11.2 Å². The van der Waals surface area contributed by atoms with Gasteiger partial charge in [0.2, 0.25) is 5.95 Å².